The summed E-state index contributed by atoms with van der Waals surface area (Å²) in [5.41, 5.74) is 22.6. The molecule has 0 saturated heterocycles. The molecule has 1 spiro atoms. The molecule has 1 aliphatic heterocycles. The highest BCUT2D eigenvalue weighted by Crippen LogP contribution is 2.64. The zero-order chi connectivity index (χ0) is 41.0. The Labute approximate surface area is 363 Å². The molecule has 0 bridgehead atoms. The van der Waals surface area contributed by atoms with Crippen molar-refractivity contribution in [3.8, 4) is 66.8 Å². The summed E-state index contributed by atoms with van der Waals surface area (Å²) in [5.74, 6) is 0. The molecule has 0 unspecified atom stereocenters. The van der Waals surface area contributed by atoms with Crippen molar-refractivity contribution in [2.45, 2.75) is 5.41 Å². The number of hydrogen-bond acceptors (Lipinski definition) is 1. The first-order valence-corrected chi connectivity index (χ1v) is 21.5. The predicted octanol–water partition coefficient (Wildman–Crippen LogP) is 16.2. The molecule has 0 aromatic heterocycles. The average molecular weight is 788 g/mol. The number of benzene rings is 10. The Morgan fingerprint density at radius 3 is 1.06 bits per heavy atom. The first-order valence-electron chi connectivity index (χ1n) is 21.5. The summed E-state index contributed by atoms with van der Waals surface area (Å²) in [7, 11) is 0. The molecule has 10 aromatic carbocycles. The molecule has 0 saturated carbocycles. The highest BCUT2D eigenvalue weighted by molar-refractivity contribution is 5.99. The molecule has 12 rings (SSSR count). The van der Waals surface area contributed by atoms with Crippen LogP contribution in [-0.4, -0.2) is 0 Å². The molecule has 0 amide bonds. The van der Waals surface area contributed by atoms with E-state index in [4.69, 9.17) is 0 Å². The lowest BCUT2D eigenvalue weighted by Gasteiger charge is -2.45. The van der Waals surface area contributed by atoms with E-state index < -0.39 is 5.41 Å². The van der Waals surface area contributed by atoms with Crippen molar-refractivity contribution in [2.24, 2.45) is 0 Å². The third-order valence-electron chi connectivity index (χ3n) is 13.1. The standard InChI is InChI=1S/C61H41N/c1-4-19-42(20-5-1)45-25-18-26-48(39-45)62-59-37-35-46(51-29-12-10-27-49(51)43-21-6-2-7-22-43)40-57(59)61(55-33-16-14-31-53(55)54-32-15-17-34-56(54)61)58-41-47(36-38-60(58)62)52-30-13-11-28-50(52)44-23-8-3-9-24-44/h1-41H. The highest BCUT2D eigenvalue weighted by Gasteiger charge is 2.52. The lowest BCUT2D eigenvalue weighted by Crippen LogP contribution is -2.36. The van der Waals surface area contributed by atoms with E-state index in [9.17, 15) is 0 Å². The Hall–Kier alpha value is -8.00. The fourth-order valence-corrected chi connectivity index (χ4v) is 10.4. The van der Waals surface area contributed by atoms with Gasteiger partial charge in [-0.2, -0.15) is 0 Å². The van der Waals surface area contributed by atoms with E-state index in [0.29, 0.717) is 0 Å². The van der Waals surface area contributed by atoms with Crippen LogP contribution in [0.25, 0.3) is 66.8 Å². The van der Waals surface area contributed by atoms with Gasteiger partial charge in [-0.1, -0.05) is 212 Å². The van der Waals surface area contributed by atoms with Crippen LogP contribution in [0.3, 0.4) is 0 Å². The van der Waals surface area contributed by atoms with E-state index in [1.165, 1.54) is 100 Å². The van der Waals surface area contributed by atoms with Crippen molar-refractivity contribution in [1.82, 2.24) is 0 Å². The van der Waals surface area contributed by atoms with Gasteiger partial charge in [0.25, 0.3) is 0 Å². The molecule has 10 aromatic rings. The van der Waals surface area contributed by atoms with Gasteiger partial charge in [-0.25, -0.2) is 0 Å². The van der Waals surface area contributed by atoms with E-state index in [2.05, 4.69) is 254 Å². The van der Waals surface area contributed by atoms with Crippen LogP contribution in [0.15, 0.2) is 249 Å². The van der Waals surface area contributed by atoms with Crippen LogP contribution in [0.1, 0.15) is 22.3 Å². The van der Waals surface area contributed by atoms with Crippen LogP contribution in [0.2, 0.25) is 0 Å². The van der Waals surface area contributed by atoms with Crippen molar-refractivity contribution < 1.29 is 0 Å². The Balaban J connectivity index is 1.19. The fraction of sp³-hybridized carbons (Fsp3) is 0.0164. The van der Waals surface area contributed by atoms with Gasteiger partial charge in [-0.3, -0.25) is 0 Å². The summed E-state index contributed by atoms with van der Waals surface area (Å²) in [6.07, 6.45) is 0. The molecular formula is C61H41N. The largest absolute Gasteiger partial charge is 0.310 e. The highest BCUT2D eigenvalue weighted by atomic mass is 15.2. The third kappa shape index (κ3) is 5.56. The topological polar surface area (TPSA) is 3.24 Å². The summed E-state index contributed by atoms with van der Waals surface area (Å²) < 4.78 is 0. The summed E-state index contributed by atoms with van der Waals surface area (Å²) >= 11 is 0. The average Bonchev–Trinajstić information content (AvgIpc) is 3.65. The van der Waals surface area contributed by atoms with E-state index in [1.807, 2.05) is 0 Å². The maximum Gasteiger partial charge on any atom is 0.0754 e. The van der Waals surface area contributed by atoms with Crippen molar-refractivity contribution in [3.05, 3.63) is 271 Å². The maximum absolute atomic E-state index is 2.52. The van der Waals surface area contributed by atoms with Gasteiger partial charge in [0.2, 0.25) is 0 Å². The van der Waals surface area contributed by atoms with E-state index >= 15 is 0 Å². The number of hydrogen-bond donors (Lipinski definition) is 0. The molecule has 2 aliphatic rings. The number of anilines is 3. The minimum Gasteiger partial charge on any atom is -0.310 e. The molecule has 0 N–H and O–H groups in total. The second-order valence-electron chi connectivity index (χ2n) is 16.4. The van der Waals surface area contributed by atoms with Gasteiger partial charge >= 0.3 is 0 Å². The first-order chi connectivity index (χ1) is 30.8. The molecule has 1 nitrogen and oxygen atoms in total. The molecule has 0 radical (unpaired) electrons. The van der Waals surface area contributed by atoms with E-state index in [0.717, 1.165) is 5.69 Å². The van der Waals surface area contributed by atoms with Gasteiger partial charge in [0.1, 0.15) is 0 Å². The van der Waals surface area contributed by atoms with Crippen molar-refractivity contribution in [2.75, 3.05) is 4.90 Å². The monoisotopic (exact) mass is 787 g/mol. The summed E-state index contributed by atoms with van der Waals surface area (Å²) in [5, 5.41) is 0. The molecule has 62 heavy (non-hydrogen) atoms. The SMILES string of the molecule is c1ccc(-c2cccc(N3c4ccc(-c5ccccc5-c5ccccc5)cc4C4(c5ccccc5-c5ccccc54)c4cc(-c5ccccc5-c5ccccc5)ccc43)c2)cc1. The summed E-state index contributed by atoms with van der Waals surface area (Å²) in [6, 6.07) is 91.8. The quantitative estimate of drug-likeness (QED) is 0.162. The summed E-state index contributed by atoms with van der Waals surface area (Å²) in [4.78, 5) is 2.52. The van der Waals surface area contributed by atoms with Gasteiger partial charge in [-0.15, -0.1) is 0 Å². The summed E-state index contributed by atoms with van der Waals surface area (Å²) in [6.45, 7) is 0. The number of nitrogens with zero attached hydrogens (tertiary/aromatic N) is 1. The van der Waals surface area contributed by atoms with E-state index in [1.54, 1.807) is 0 Å². The minimum absolute atomic E-state index is 0.624. The lowest BCUT2D eigenvalue weighted by atomic mass is 9.64. The van der Waals surface area contributed by atoms with Crippen LogP contribution in [-0.2, 0) is 5.41 Å². The van der Waals surface area contributed by atoms with Gasteiger partial charge in [0.15, 0.2) is 0 Å². The maximum atomic E-state index is 2.52. The van der Waals surface area contributed by atoms with Crippen LogP contribution >= 0.6 is 0 Å². The second kappa shape index (κ2) is 14.6. The van der Waals surface area contributed by atoms with Gasteiger partial charge in [0, 0.05) is 5.69 Å². The Morgan fingerprint density at radius 2 is 0.597 bits per heavy atom. The van der Waals surface area contributed by atoms with Crippen LogP contribution < -0.4 is 4.90 Å². The number of fused-ring (bicyclic) bond motifs is 9. The molecular weight excluding hydrogens is 747 g/mol. The third-order valence-corrected chi connectivity index (χ3v) is 13.1. The molecule has 1 heteroatoms. The van der Waals surface area contributed by atoms with Crippen LogP contribution in [0.4, 0.5) is 17.1 Å². The van der Waals surface area contributed by atoms with Crippen LogP contribution in [0.5, 0.6) is 0 Å². The fourth-order valence-electron chi connectivity index (χ4n) is 10.4. The zero-order valence-electron chi connectivity index (χ0n) is 34.1. The normalized spacial score (nSPS) is 12.9. The van der Waals surface area contributed by atoms with Crippen LogP contribution in [0, 0.1) is 0 Å². The predicted molar refractivity (Wildman–Crippen MR) is 259 cm³/mol. The minimum atomic E-state index is -0.624. The molecule has 0 fully saturated rings. The molecule has 290 valence electrons. The Kier molecular flexibility index (Phi) is 8.47. The van der Waals surface area contributed by atoms with Gasteiger partial charge in [0.05, 0.1) is 16.8 Å². The first kappa shape index (κ1) is 35.9. The van der Waals surface area contributed by atoms with E-state index in [-0.39, 0.29) is 0 Å². The van der Waals surface area contributed by atoms with Crippen molar-refractivity contribution >= 4 is 17.1 Å². The Morgan fingerprint density at radius 1 is 0.226 bits per heavy atom. The Bertz CT molecular complexity index is 3110. The number of rotatable bonds is 6. The van der Waals surface area contributed by atoms with Crippen molar-refractivity contribution in [3.63, 3.8) is 0 Å². The molecule has 1 heterocycles. The molecule has 0 atom stereocenters. The lowest BCUT2D eigenvalue weighted by molar-refractivity contribution is 0.753. The molecule has 1 aliphatic carbocycles. The smallest absolute Gasteiger partial charge is 0.0754 e. The van der Waals surface area contributed by atoms with Gasteiger partial charge < -0.3 is 4.90 Å². The second-order valence-corrected chi connectivity index (χ2v) is 16.4. The zero-order valence-corrected chi connectivity index (χ0v) is 34.1. The van der Waals surface area contributed by atoms with Crippen molar-refractivity contribution in [1.29, 1.82) is 0 Å². The van der Waals surface area contributed by atoms with Gasteiger partial charge in [-0.05, 0) is 125 Å².